The summed E-state index contributed by atoms with van der Waals surface area (Å²) in [6.45, 7) is 0. The molecule has 82 valence electrons. The number of allylic oxidation sites excluding steroid dienone is 1. The highest BCUT2D eigenvalue weighted by Gasteiger charge is 2.30. The second kappa shape index (κ2) is 5.07. The van der Waals surface area contributed by atoms with Gasteiger partial charge in [-0.25, -0.2) is 0 Å². The number of halogens is 4. The number of hydrogen-bond acceptors (Lipinski definition) is 1. The molecule has 1 rings (SSSR count). The van der Waals surface area contributed by atoms with E-state index < -0.39 is 6.36 Å². The van der Waals surface area contributed by atoms with Crippen LogP contribution in [0.5, 0.6) is 5.75 Å². The summed E-state index contributed by atoms with van der Waals surface area (Å²) in [7, 11) is 0. The van der Waals surface area contributed by atoms with Gasteiger partial charge in [-0.15, -0.1) is 24.8 Å². The third-order valence-electron chi connectivity index (χ3n) is 1.49. The van der Waals surface area contributed by atoms with Crippen LogP contribution in [-0.2, 0) is 0 Å². The average molecular weight is 237 g/mol. The van der Waals surface area contributed by atoms with Crippen LogP contribution in [0.3, 0.4) is 0 Å². The molecule has 0 aliphatic heterocycles. The molecular formula is C10H8ClF3O. The van der Waals surface area contributed by atoms with Crippen molar-refractivity contribution >= 4 is 17.7 Å². The zero-order valence-corrected chi connectivity index (χ0v) is 8.35. The Morgan fingerprint density at radius 1 is 1.33 bits per heavy atom. The van der Waals surface area contributed by atoms with Crippen molar-refractivity contribution in [1.29, 1.82) is 0 Å². The third-order valence-corrected chi connectivity index (χ3v) is 1.67. The zero-order chi connectivity index (χ0) is 11.3. The first-order chi connectivity index (χ1) is 7.01. The van der Waals surface area contributed by atoms with Crippen molar-refractivity contribution in [3.05, 3.63) is 35.9 Å². The molecule has 0 aliphatic rings. The molecule has 0 atom stereocenters. The lowest BCUT2D eigenvalue weighted by molar-refractivity contribution is -0.274. The van der Waals surface area contributed by atoms with Gasteiger partial charge in [0.05, 0.1) is 0 Å². The Bertz CT molecular complexity index is 347. The third kappa shape index (κ3) is 4.74. The summed E-state index contributed by atoms with van der Waals surface area (Å²) >= 11 is 5.40. The fourth-order valence-electron chi connectivity index (χ4n) is 0.996. The van der Waals surface area contributed by atoms with Crippen LogP contribution in [0.2, 0.25) is 0 Å². The predicted octanol–water partition coefficient (Wildman–Crippen LogP) is 3.84. The monoisotopic (exact) mass is 236 g/mol. The first kappa shape index (κ1) is 11.9. The molecular weight excluding hydrogens is 229 g/mol. The van der Waals surface area contributed by atoms with Gasteiger partial charge in [-0.2, -0.15) is 0 Å². The van der Waals surface area contributed by atoms with Crippen molar-refractivity contribution in [2.45, 2.75) is 6.36 Å². The summed E-state index contributed by atoms with van der Waals surface area (Å²) in [6.07, 6.45) is -1.40. The molecule has 1 nitrogen and oxygen atoms in total. The Morgan fingerprint density at radius 3 is 2.67 bits per heavy atom. The molecule has 0 saturated heterocycles. The minimum atomic E-state index is -4.66. The van der Waals surface area contributed by atoms with E-state index in [-0.39, 0.29) is 5.75 Å². The molecule has 0 radical (unpaired) electrons. The van der Waals surface area contributed by atoms with Gasteiger partial charge in [0.15, 0.2) is 0 Å². The summed E-state index contributed by atoms with van der Waals surface area (Å²) in [6, 6.07) is 5.67. The standard InChI is InChI=1S/C10H8ClF3O/c11-6-2-4-8-3-1-5-9(7-8)15-10(12,13)14/h1-5,7H,6H2. The van der Waals surface area contributed by atoms with Crippen LogP contribution < -0.4 is 4.74 Å². The minimum Gasteiger partial charge on any atom is -0.406 e. The smallest absolute Gasteiger partial charge is 0.406 e. The lowest BCUT2D eigenvalue weighted by Gasteiger charge is -2.08. The second-order valence-electron chi connectivity index (χ2n) is 2.68. The summed E-state index contributed by atoms with van der Waals surface area (Å²) in [5.41, 5.74) is 0.609. The van der Waals surface area contributed by atoms with Crippen molar-refractivity contribution in [3.8, 4) is 5.75 Å². The molecule has 0 amide bonds. The Balaban J connectivity index is 2.79. The van der Waals surface area contributed by atoms with Crippen LogP contribution in [0.1, 0.15) is 5.56 Å². The van der Waals surface area contributed by atoms with E-state index in [9.17, 15) is 13.2 Å². The topological polar surface area (TPSA) is 9.23 Å². The lowest BCUT2D eigenvalue weighted by atomic mass is 10.2. The number of ether oxygens (including phenoxy) is 1. The summed E-state index contributed by atoms with van der Waals surface area (Å²) in [5, 5.41) is 0. The zero-order valence-electron chi connectivity index (χ0n) is 7.59. The molecule has 0 aromatic heterocycles. The number of alkyl halides is 4. The van der Waals surface area contributed by atoms with Gasteiger partial charge in [0.2, 0.25) is 0 Å². The first-order valence-electron chi connectivity index (χ1n) is 4.09. The minimum absolute atomic E-state index is 0.237. The van der Waals surface area contributed by atoms with E-state index in [0.29, 0.717) is 11.4 Å². The van der Waals surface area contributed by atoms with Crippen molar-refractivity contribution in [2.75, 3.05) is 5.88 Å². The van der Waals surface area contributed by atoms with Crippen molar-refractivity contribution in [2.24, 2.45) is 0 Å². The number of benzene rings is 1. The van der Waals surface area contributed by atoms with Crippen LogP contribution in [0, 0.1) is 0 Å². The van der Waals surface area contributed by atoms with E-state index >= 15 is 0 Å². The van der Waals surface area contributed by atoms with Crippen LogP contribution in [0.15, 0.2) is 30.3 Å². The van der Waals surface area contributed by atoms with Crippen LogP contribution >= 0.6 is 11.6 Å². The summed E-state index contributed by atoms with van der Waals surface area (Å²) in [5.74, 6) is 0.0730. The molecule has 5 heteroatoms. The fourth-order valence-corrected chi connectivity index (χ4v) is 1.09. The maximum Gasteiger partial charge on any atom is 0.573 e. The highest BCUT2D eigenvalue weighted by atomic mass is 35.5. The fraction of sp³-hybridized carbons (Fsp3) is 0.200. The van der Waals surface area contributed by atoms with Crippen molar-refractivity contribution < 1.29 is 17.9 Å². The second-order valence-corrected chi connectivity index (χ2v) is 2.99. The molecule has 1 aromatic rings. The largest absolute Gasteiger partial charge is 0.573 e. The first-order valence-corrected chi connectivity index (χ1v) is 4.63. The Kier molecular flexibility index (Phi) is 4.03. The Labute approximate surface area is 90.1 Å². The molecule has 0 heterocycles. The summed E-state index contributed by atoms with van der Waals surface area (Å²) < 4.78 is 39.3. The predicted molar refractivity (Wildman–Crippen MR) is 52.9 cm³/mol. The molecule has 0 bridgehead atoms. The average Bonchev–Trinajstić information content (AvgIpc) is 2.12. The molecule has 0 saturated carbocycles. The van der Waals surface area contributed by atoms with Gasteiger partial charge in [0.1, 0.15) is 5.75 Å². The molecule has 0 fully saturated rings. The van der Waals surface area contributed by atoms with Gasteiger partial charge in [-0.05, 0) is 17.7 Å². The maximum absolute atomic E-state index is 11.9. The molecule has 0 unspecified atom stereocenters. The van der Waals surface area contributed by atoms with E-state index in [1.165, 1.54) is 18.2 Å². The molecule has 0 N–H and O–H groups in total. The molecule has 1 aromatic carbocycles. The van der Waals surface area contributed by atoms with Gasteiger partial charge < -0.3 is 4.74 Å². The van der Waals surface area contributed by atoms with Crippen molar-refractivity contribution in [3.63, 3.8) is 0 Å². The van der Waals surface area contributed by atoms with Crippen LogP contribution in [0.25, 0.3) is 6.08 Å². The SMILES string of the molecule is FC(F)(F)Oc1cccc(C=CCCl)c1. The Morgan fingerprint density at radius 2 is 2.07 bits per heavy atom. The number of rotatable bonds is 3. The van der Waals surface area contributed by atoms with Gasteiger partial charge in [-0.1, -0.05) is 24.3 Å². The van der Waals surface area contributed by atoms with Crippen LogP contribution in [0.4, 0.5) is 13.2 Å². The van der Waals surface area contributed by atoms with E-state index in [1.807, 2.05) is 0 Å². The summed E-state index contributed by atoms with van der Waals surface area (Å²) in [4.78, 5) is 0. The van der Waals surface area contributed by atoms with Crippen LogP contribution in [-0.4, -0.2) is 12.2 Å². The van der Waals surface area contributed by atoms with E-state index in [1.54, 1.807) is 18.2 Å². The maximum atomic E-state index is 11.9. The normalized spacial score (nSPS) is 12.0. The van der Waals surface area contributed by atoms with Gasteiger partial charge >= 0.3 is 6.36 Å². The van der Waals surface area contributed by atoms with E-state index in [0.717, 1.165) is 0 Å². The molecule has 0 spiro atoms. The number of hydrogen-bond donors (Lipinski definition) is 0. The van der Waals surface area contributed by atoms with Gasteiger partial charge in [0, 0.05) is 5.88 Å². The van der Waals surface area contributed by atoms with Gasteiger partial charge in [-0.3, -0.25) is 0 Å². The quantitative estimate of drug-likeness (QED) is 0.725. The van der Waals surface area contributed by atoms with Gasteiger partial charge in [0.25, 0.3) is 0 Å². The molecule has 0 aliphatic carbocycles. The highest BCUT2D eigenvalue weighted by molar-refractivity contribution is 6.19. The van der Waals surface area contributed by atoms with E-state index in [2.05, 4.69) is 4.74 Å². The lowest BCUT2D eigenvalue weighted by Crippen LogP contribution is -2.17. The highest BCUT2D eigenvalue weighted by Crippen LogP contribution is 2.23. The van der Waals surface area contributed by atoms with E-state index in [4.69, 9.17) is 11.6 Å². The molecule has 15 heavy (non-hydrogen) atoms. The van der Waals surface area contributed by atoms with Crippen molar-refractivity contribution in [1.82, 2.24) is 0 Å². The Hall–Kier alpha value is -1.16.